The molecular weight excluding hydrogens is 428 g/mol. The second kappa shape index (κ2) is 8.61. The third kappa shape index (κ3) is 4.05. The van der Waals surface area contributed by atoms with E-state index in [1.807, 2.05) is 54.7 Å². The van der Waals surface area contributed by atoms with Gasteiger partial charge in [-0.25, -0.2) is 4.98 Å². The number of hydrogen-bond donors (Lipinski definition) is 2. The molecule has 8 heteroatoms. The molecule has 176 valence electrons. The van der Waals surface area contributed by atoms with E-state index in [0.717, 1.165) is 43.7 Å². The fourth-order valence-electron chi connectivity index (χ4n) is 4.80. The summed E-state index contributed by atoms with van der Waals surface area (Å²) in [6.45, 7) is 2.81. The first-order valence-electron chi connectivity index (χ1n) is 11.6. The fraction of sp³-hybridized carbons (Fsp3) is 0.346. The highest BCUT2D eigenvalue weighted by molar-refractivity contribution is 5.93. The van der Waals surface area contributed by atoms with Crippen LogP contribution >= 0.6 is 0 Å². The largest absolute Gasteiger partial charge is 0.399 e. The zero-order chi connectivity index (χ0) is 23.9. The molecular formula is C26H30N6O2. The Bertz CT molecular complexity index is 1210. The standard InChI is InChI=1S/C26H30N6O2/c1-30(2)25(34)20-7-3-19(4-8-20)17-31-13-14-32-22(26(31)11-12-26)16-28-23(32)24(33)29-15-18-5-9-21(27)10-6-18/h3-10,16H,11-15,17,27H2,1-2H3,(H,29,33). The van der Waals surface area contributed by atoms with Crippen molar-refractivity contribution in [1.29, 1.82) is 0 Å². The highest BCUT2D eigenvalue weighted by Crippen LogP contribution is 2.53. The van der Waals surface area contributed by atoms with Gasteiger partial charge in [0.15, 0.2) is 5.82 Å². The number of benzene rings is 2. The summed E-state index contributed by atoms with van der Waals surface area (Å²) in [6.07, 6.45) is 3.99. The molecule has 1 fully saturated rings. The molecule has 1 aliphatic carbocycles. The Morgan fingerprint density at radius 1 is 1.03 bits per heavy atom. The minimum Gasteiger partial charge on any atom is -0.399 e. The number of rotatable bonds is 6. The van der Waals surface area contributed by atoms with Crippen molar-refractivity contribution >= 4 is 17.5 Å². The van der Waals surface area contributed by atoms with E-state index in [0.29, 0.717) is 23.6 Å². The average Bonchev–Trinajstić information content (AvgIpc) is 3.50. The second-order valence-corrected chi connectivity index (χ2v) is 9.39. The van der Waals surface area contributed by atoms with Crippen molar-refractivity contribution in [2.24, 2.45) is 0 Å². The Kier molecular flexibility index (Phi) is 5.61. The van der Waals surface area contributed by atoms with Crippen LogP contribution in [0.5, 0.6) is 0 Å². The summed E-state index contributed by atoms with van der Waals surface area (Å²) in [5.41, 5.74) is 10.4. The number of nitrogen functional groups attached to an aromatic ring is 1. The Morgan fingerprint density at radius 2 is 1.71 bits per heavy atom. The number of hydrogen-bond acceptors (Lipinski definition) is 5. The summed E-state index contributed by atoms with van der Waals surface area (Å²) >= 11 is 0. The van der Waals surface area contributed by atoms with E-state index in [1.54, 1.807) is 19.0 Å². The summed E-state index contributed by atoms with van der Waals surface area (Å²) in [4.78, 5) is 33.6. The quantitative estimate of drug-likeness (QED) is 0.554. The van der Waals surface area contributed by atoms with Crippen LogP contribution in [-0.4, -0.2) is 51.8 Å². The summed E-state index contributed by atoms with van der Waals surface area (Å²) in [6, 6.07) is 15.4. The number of nitrogens with two attached hydrogens (primary N) is 1. The molecule has 0 atom stereocenters. The van der Waals surface area contributed by atoms with Gasteiger partial charge in [0, 0.05) is 51.5 Å². The van der Waals surface area contributed by atoms with E-state index in [-0.39, 0.29) is 17.4 Å². The summed E-state index contributed by atoms with van der Waals surface area (Å²) < 4.78 is 2.08. The molecule has 2 aliphatic rings. The van der Waals surface area contributed by atoms with Crippen molar-refractivity contribution < 1.29 is 9.59 Å². The molecule has 0 bridgehead atoms. The molecule has 2 heterocycles. The fourth-order valence-corrected chi connectivity index (χ4v) is 4.80. The van der Waals surface area contributed by atoms with Crippen molar-refractivity contribution in [2.75, 3.05) is 26.4 Å². The Labute approximate surface area is 199 Å². The SMILES string of the molecule is CN(C)C(=O)c1ccc(CN2CCn3c(cnc3C(=O)NCc3ccc(N)cc3)C23CC3)cc1. The Balaban J connectivity index is 1.28. The molecule has 3 N–H and O–H groups in total. The molecule has 2 amide bonds. The lowest BCUT2D eigenvalue weighted by Gasteiger charge is -2.37. The molecule has 0 saturated heterocycles. The number of anilines is 1. The molecule has 1 spiro atoms. The smallest absolute Gasteiger partial charge is 0.287 e. The molecule has 1 aliphatic heterocycles. The van der Waals surface area contributed by atoms with Crippen LogP contribution in [-0.2, 0) is 25.2 Å². The van der Waals surface area contributed by atoms with Gasteiger partial charge in [-0.2, -0.15) is 0 Å². The third-order valence-corrected chi connectivity index (χ3v) is 6.87. The molecule has 1 aromatic heterocycles. The van der Waals surface area contributed by atoms with Gasteiger partial charge in [-0.3, -0.25) is 14.5 Å². The van der Waals surface area contributed by atoms with E-state index < -0.39 is 0 Å². The van der Waals surface area contributed by atoms with E-state index in [2.05, 4.69) is 19.8 Å². The van der Waals surface area contributed by atoms with Gasteiger partial charge in [0.05, 0.1) is 17.4 Å². The van der Waals surface area contributed by atoms with Crippen LogP contribution in [0.4, 0.5) is 5.69 Å². The number of carbonyl (C=O) groups excluding carboxylic acids is 2. The summed E-state index contributed by atoms with van der Waals surface area (Å²) in [7, 11) is 3.52. The topological polar surface area (TPSA) is 96.5 Å². The number of fused-ring (bicyclic) bond motifs is 2. The average molecular weight is 459 g/mol. The molecule has 5 rings (SSSR count). The number of nitrogens with one attached hydrogen (secondary N) is 1. The minimum absolute atomic E-state index is 0.00860. The lowest BCUT2D eigenvalue weighted by molar-refractivity contribution is 0.0826. The van der Waals surface area contributed by atoms with Gasteiger partial charge in [-0.1, -0.05) is 24.3 Å². The highest BCUT2D eigenvalue weighted by atomic mass is 16.2. The maximum absolute atomic E-state index is 12.9. The first-order chi connectivity index (χ1) is 16.4. The molecule has 1 saturated carbocycles. The molecule has 8 nitrogen and oxygen atoms in total. The maximum Gasteiger partial charge on any atom is 0.287 e. The molecule has 2 aromatic carbocycles. The van der Waals surface area contributed by atoms with Gasteiger partial charge in [0.1, 0.15) is 0 Å². The van der Waals surface area contributed by atoms with Crippen molar-refractivity contribution in [2.45, 2.75) is 38.0 Å². The number of nitrogens with zero attached hydrogens (tertiary/aromatic N) is 4. The molecule has 0 unspecified atom stereocenters. The number of imidazole rings is 1. The zero-order valence-electron chi connectivity index (χ0n) is 19.6. The van der Waals surface area contributed by atoms with Gasteiger partial charge in [-0.15, -0.1) is 0 Å². The van der Waals surface area contributed by atoms with Crippen molar-refractivity contribution in [3.63, 3.8) is 0 Å². The lowest BCUT2D eigenvalue weighted by atomic mass is 10.0. The summed E-state index contributed by atoms with van der Waals surface area (Å²) in [5.74, 6) is 0.325. The minimum atomic E-state index is -0.159. The van der Waals surface area contributed by atoms with Gasteiger partial charge in [-0.05, 0) is 48.2 Å². The van der Waals surface area contributed by atoms with Crippen molar-refractivity contribution in [3.8, 4) is 0 Å². The van der Waals surface area contributed by atoms with Gasteiger partial charge in [0.2, 0.25) is 0 Å². The predicted molar refractivity (Wildman–Crippen MR) is 130 cm³/mol. The van der Waals surface area contributed by atoms with E-state index in [1.165, 1.54) is 5.56 Å². The Morgan fingerprint density at radius 3 is 2.35 bits per heavy atom. The van der Waals surface area contributed by atoms with Crippen LogP contribution < -0.4 is 11.1 Å². The summed E-state index contributed by atoms with van der Waals surface area (Å²) in [5, 5.41) is 2.98. The molecule has 34 heavy (non-hydrogen) atoms. The molecule has 0 radical (unpaired) electrons. The van der Waals surface area contributed by atoms with Crippen LogP contribution in [0, 0.1) is 0 Å². The van der Waals surface area contributed by atoms with Crippen molar-refractivity contribution in [1.82, 2.24) is 24.7 Å². The zero-order valence-corrected chi connectivity index (χ0v) is 19.6. The maximum atomic E-state index is 12.9. The van der Waals surface area contributed by atoms with E-state index in [4.69, 9.17) is 5.73 Å². The van der Waals surface area contributed by atoms with Gasteiger partial charge < -0.3 is 20.5 Å². The number of amides is 2. The van der Waals surface area contributed by atoms with E-state index in [9.17, 15) is 9.59 Å². The monoisotopic (exact) mass is 458 g/mol. The van der Waals surface area contributed by atoms with Gasteiger partial charge >= 0.3 is 0 Å². The number of aromatic nitrogens is 2. The van der Waals surface area contributed by atoms with Gasteiger partial charge in [0.25, 0.3) is 11.8 Å². The van der Waals surface area contributed by atoms with E-state index >= 15 is 0 Å². The third-order valence-electron chi connectivity index (χ3n) is 6.87. The molecule has 3 aromatic rings. The predicted octanol–water partition coefficient (Wildman–Crippen LogP) is 2.60. The second-order valence-electron chi connectivity index (χ2n) is 9.39. The highest BCUT2D eigenvalue weighted by Gasteiger charge is 2.53. The Hall–Kier alpha value is -3.65. The van der Waals surface area contributed by atoms with Crippen LogP contribution in [0.1, 0.15) is 50.6 Å². The van der Waals surface area contributed by atoms with Crippen molar-refractivity contribution in [3.05, 3.63) is 82.9 Å². The number of carbonyl (C=O) groups is 2. The first kappa shape index (κ1) is 22.2. The normalized spacial score (nSPS) is 16.2. The van der Waals surface area contributed by atoms with Crippen LogP contribution in [0.15, 0.2) is 54.7 Å². The lowest BCUT2D eigenvalue weighted by Crippen LogP contribution is -2.44. The van der Waals surface area contributed by atoms with Crippen LogP contribution in [0.3, 0.4) is 0 Å². The first-order valence-corrected chi connectivity index (χ1v) is 11.6. The van der Waals surface area contributed by atoms with Crippen LogP contribution in [0.25, 0.3) is 0 Å². The van der Waals surface area contributed by atoms with Crippen LogP contribution in [0.2, 0.25) is 0 Å².